The Labute approximate surface area is 121 Å². The van der Waals surface area contributed by atoms with E-state index in [9.17, 15) is 0 Å². The summed E-state index contributed by atoms with van der Waals surface area (Å²) in [5.74, 6) is 1.65. The first-order chi connectivity index (χ1) is 8.02. The van der Waals surface area contributed by atoms with E-state index in [1.807, 2.05) is 6.07 Å². The molecule has 0 amide bonds. The van der Waals surface area contributed by atoms with Gasteiger partial charge in [0.1, 0.15) is 5.75 Å². The van der Waals surface area contributed by atoms with Gasteiger partial charge in [0, 0.05) is 4.83 Å². The third-order valence-electron chi connectivity index (χ3n) is 2.69. The molecule has 0 radical (unpaired) electrons. The van der Waals surface area contributed by atoms with Crippen LogP contribution in [0, 0.1) is 5.92 Å². The number of hydrogen-bond acceptors (Lipinski definition) is 1. The van der Waals surface area contributed by atoms with Gasteiger partial charge in [-0.25, -0.2) is 0 Å². The second kappa shape index (κ2) is 7.42. The number of rotatable bonds is 6. The first kappa shape index (κ1) is 15.0. The zero-order valence-electron chi connectivity index (χ0n) is 10.7. The lowest BCUT2D eigenvalue weighted by Gasteiger charge is -2.12. The van der Waals surface area contributed by atoms with E-state index in [4.69, 9.17) is 4.74 Å². The molecule has 1 aromatic rings. The van der Waals surface area contributed by atoms with Crippen molar-refractivity contribution in [2.75, 3.05) is 7.11 Å². The molecular formula is C14H20Br2O. The van der Waals surface area contributed by atoms with Gasteiger partial charge in [-0.3, -0.25) is 0 Å². The van der Waals surface area contributed by atoms with Gasteiger partial charge in [0.25, 0.3) is 0 Å². The zero-order valence-corrected chi connectivity index (χ0v) is 13.8. The lowest BCUT2D eigenvalue weighted by atomic mass is 10.0. The van der Waals surface area contributed by atoms with E-state index < -0.39 is 0 Å². The average Bonchev–Trinajstić information content (AvgIpc) is 2.25. The largest absolute Gasteiger partial charge is 0.496 e. The van der Waals surface area contributed by atoms with Gasteiger partial charge in [-0.1, -0.05) is 35.8 Å². The minimum absolute atomic E-state index is 0.614. The van der Waals surface area contributed by atoms with Crippen molar-refractivity contribution in [2.45, 2.75) is 37.9 Å². The molecule has 1 aromatic carbocycles. The van der Waals surface area contributed by atoms with Crippen molar-refractivity contribution in [2.24, 2.45) is 5.92 Å². The highest BCUT2D eigenvalue weighted by molar-refractivity contribution is 9.10. The highest BCUT2D eigenvalue weighted by Gasteiger charge is 2.08. The molecule has 0 aliphatic carbocycles. The van der Waals surface area contributed by atoms with Crippen LogP contribution in [-0.4, -0.2) is 11.9 Å². The van der Waals surface area contributed by atoms with Crippen molar-refractivity contribution in [3.63, 3.8) is 0 Å². The number of ether oxygens (including phenoxy) is 1. The van der Waals surface area contributed by atoms with E-state index >= 15 is 0 Å². The van der Waals surface area contributed by atoms with E-state index in [2.05, 4.69) is 57.8 Å². The first-order valence-electron chi connectivity index (χ1n) is 5.99. The molecule has 1 rings (SSSR count). The van der Waals surface area contributed by atoms with Gasteiger partial charge < -0.3 is 4.74 Å². The third-order valence-corrected chi connectivity index (χ3v) is 4.14. The van der Waals surface area contributed by atoms with Crippen LogP contribution in [0.2, 0.25) is 0 Å². The Bertz CT molecular complexity index is 350. The fourth-order valence-electron chi connectivity index (χ4n) is 1.82. The van der Waals surface area contributed by atoms with Gasteiger partial charge in [0.05, 0.1) is 11.6 Å². The molecule has 0 aliphatic heterocycles. The van der Waals surface area contributed by atoms with Crippen molar-refractivity contribution < 1.29 is 4.74 Å². The standard InChI is InChI=1S/C14H20Br2O/c1-10(2)8-12(15)6-4-11-5-7-14(17-3)13(16)9-11/h5,7,9-10,12H,4,6,8H2,1-3H3. The van der Waals surface area contributed by atoms with Crippen molar-refractivity contribution in [3.05, 3.63) is 28.2 Å². The predicted molar refractivity (Wildman–Crippen MR) is 81.2 cm³/mol. The Hall–Kier alpha value is -0.0200. The topological polar surface area (TPSA) is 9.23 Å². The van der Waals surface area contributed by atoms with Gasteiger partial charge in [0.15, 0.2) is 0 Å². The van der Waals surface area contributed by atoms with Crippen molar-refractivity contribution in [1.82, 2.24) is 0 Å². The van der Waals surface area contributed by atoms with Crippen LogP contribution in [0.5, 0.6) is 5.75 Å². The third kappa shape index (κ3) is 5.43. The van der Waals surface area contributed by atoms with Crippen molar-refractivity contribution >= 4 is 31.9 Å². The van der Waals surface area contributed by atoms with Gasteiger partial charge in [-0.2, -0.15) is 0 Å². The van der Waals surface area contributed by atoms with Crippen LogP contribution in [0.4, 0.5) is 0 Å². The summed E-state index contributed by atoms with van der Waals surface area (Å²) in [6, 6.07) is 6.30. The van der Waals surface area contributed by atoms with Crippen molar-refractivity contribution in [1.29, 1.82) is 0 Å². The average molecular weight is 364 g/mol. The summed E-state index contributed by atoms with van der Waals surface area (Å²) in [6.45, 7) is 4.52. The number of methoxy groups -OCH3 is 1. The normalized spacial score (nSPS) is 12.8. The summed E-state index contributed by atoms with van der Waals surface area (Å²) in [6.07, 6.45) is 3.51. The van der Waals surface area contributed by atoms with E-state index in [0.717, 1.165) is 22.6 Å². The van der Waals surface area contributed by atoms with Gasteiger partial charge in [0.2, 0.25) is 0 Å². The molecular weight excluding hydrogens is 344 g/mol. The first-order valence-corrected chi connectivity index (χ1v) is 7.70. The quantitative estimate of drug-likeness (QED) is 0.631. The maximum absolute atomic E-state index is 5.22. The lowest BCUT2D eigenvalue weighted by molar-refractivity contribution is 0.412. The molecule has 0 aliphatic rings. The molecule has 3 heteroatoms. The second-order valence-electron chi connectivity index (χ2n) is 4.73. The minimum Gasteiger partial charge on any atom is -0.496 e. The lowest BCUT2D eigenvalue weighted by Crippen LogP contribution is -2.04. The van der Waals surface area contributed by atoms with E-state index in [1.54, 1.807) is 7.11 Å². The molecule has 1 unspecified atom stereocenters. The number of benzene rings is 1. The van der Waals surface area contributed by atoms with Crippen LogP contribution < -0.4 is 4.74 Å². The highest BCUT2D eigenvalue weighted by atomic mass is 79.9. The zero-order chi connectivity index (χ0) is 12.8. The second-order valence-corrected chi connectivity index (χ2v) is 6.88. The molecule has 17 heavy (non-hydrogen) atoms. The summed E-state index contributed by atoms with van der Waals surface area (Å²) < 4.78 is 6.26. The number of hydrogen-bond donors (Lipinski definition) is 0. The molecule has 1 atom stereocenters. The van der Waals surface area contributed by atoms with Crippen molar-refractivity contribution in [3.8, 4) is 5.75 Å². The van der Waals surface area contributed by atoms with Crippen LogP contribution in [0.25, 0.3) is 0 Å². The fourth-order valence-corrected chi connectivity index (χ4v) is 3.38. The summed E-state index contributed by atoms with van der Waals surface area (Å²) >= 11 is 7.26. The van der Waals surface area contributed by atoms with E-state index in [1.165, 1.54) is 18.4 Å². The molecule has 0 saturated heterocycles. The highest BCUT2D eigenvalue weighted by Crippen LogP contribution is 2.27. The molecule has 0 bridgehead atoms. The number of halogens is 2. The van der Waals surface area contributed by atoms with Gasteiger partial charge in [-0.05, 0) is 58.8 Å². The molecule has 0 heterocycles. The Balaban J connectivity index is 2.49. The number of alkyl halides is 1. The Morgan fingerprint density at radius 2 is 2.00 bits per heavy atom. The van der Waals surface area contributed by atoms with Crippen LogP contribution in [0.1, 0.15) is 32.3 Å². The molecule has 0 aromatic heterocycles. The summed E-state index contributed by atoms with van der Waals surface area (Å²) in [4.78, 5) is 0.614. The number of aryl methyl sites for hydroxylation is 1. The summed E-state index contributed by atoms with van der Waals surface area (Å²) in [5.41, 5.74) is 1.35. The maximum atomic E-state index is 5.22. The molecule has 0 fully saturated rings. The Kier molecular flexibility index (Phi) is 6.57. The Morgan fingerprint density at radius 1 is 1.29 bits per heavy atom. The van der Waals surface area contributed by atoms with Gasteiger partial charge in [-0.15, -0.1) is 0 Å². The smallest absolute Gasteiger partial charge is 0.133 e. The Morgan fingerprint density at radius 3 is 2.53 bits per heavy atom. The van der Waals surface area contributed by atoms with Crippen LogP contribution in [0.3, 0.4) is 0 Å². The monoisotopic (exact) mass is 362 g/mol. The molecule has 96 valence electrons. The van der Waals surface area contributed by atoms with E-state index in [0.29, 0.717) is 4.83 Å². The summed E-state index contributed by atoms with van der Waals surface area (Å²) in [5, 5.41) is 0. The maximum Gasteiger partial charge on any atom is 0.133 e. The predicted octanol–water partition coefficient (Wildman–Crippen LogP) is 5.20. The van der Waals surface area contributed by atoms with Crippen LogP contribution in [0.15, 0.2) is 22.7 Å². The molecule has 1 nitrogen and oxygen atoms in total. The van der Waals surface area contributed by atoms with Gasteiger partial charge >= 0.3 is 0 Å². The van der Waals surface area contributed by atoms with Crippen LogP contribution in [-0.2, 0) is 6.42 Å². The summed E-state index contributed by atoms with van der Waals surface area (Å²) in [7, 11) is 1.69. The fraction of sp³-hybridized carbons (Fsp3) is 0.571. The SMILES string of the molecule is COc1ccc(CCC(Br)CC(C)C)cc1Br. The molecule has 0 N–H and O–H groups in total. The van der Waals surface area contributed by atoms with E-state index in [-0.39, 0.29) is 0 Å². The molecule has 0 spiro atoms. The minimum atomic E-state index is 0.614. The van der Waals surface area contributed by atoms with Crippen LogP contribution >= 0.6 is 31.9 Å². The molecule has 0 saturated carbocycles.